The third-order valence-corrected chi connectivity index (χ3v) is 7.82. The fraction of sp³-hybridized carbons (Fsp3) is 0.290. The Morgan fingerprint density at radius 2 is 1.86 bits per heavy atom. The molecular formula is C31H30F4N4O5. The lowest BCUT2D eigenvalue weighted by Crippen LogP contribution is -2.49. The van der Waals surface area contributed by atoms with E-state index in [-0.39, 0.29) is 51.8 Å². The quantitative estimate of drug-likeness (QED) is 0.148. The molecule has 5 N–H and O–H groups in total. The van der Waals surface area contributed by atoms with E-state index in [0.717, 1.165) is 31.3 Å². The summed E-state index contributed by atoms with van der Waals surface area (Å²) in [7, 11) is 1.30. The number of hydrogen-bond donors (Lipinski definition) is 4. The Kier molecular flexibility index (Phi) is 8.45. The van der Waals surface area contributed by atoms with E-state index in [1.54, 1.807) is 0 Å². The van der Waals surface area contributed by atoms with Crippen LogP contribution in [-0.2, 0) is 15.6 Å². The van der Waals surface area contributed by atoms with Gasteiger partial charge in [-0.15, -0.1) is 0 Å². The molecule has 2 heterocycles. The summed E-state index contributed by atoms with van der Waals surface area (Å²) in [6.45, 7) is 2.48. The largest absolute Gasteiger partial charge is 0.512 e. The number of carbonyl (C=O) groups excluding carboxylic acids is 2. The average Bonchev–Trinajstić information content (AvgIpc) is 3.33. The van der Waals surface area contributed by atoms with E-state index in [2.05, 4.69) is 10.3 Å². The highest BCUT2D eigenvalue weighted by molar-refractivity contribution is 6.10. The van der Waals surface area contributed by atoms with E-state index in [1.165, 1.54) is 51.3 Å². The number of nitrogens with two attached hydrogens (primary N) is 1. The first-order valence-electron chi connectivity index (χ1n) is 13.3. The first-order valence-corrected chi connectivity index (χ1v) is 13.3. The van der Waals surface area contributed by atoms with Crippen LogP contribution in [0.1, 0.15) is 48.0 Å². The third kappa shape index (κ3) is 5.56. The van der Waals surface area contributed by atoms with Crippen LogP contribution in [0.4, 0.5) is 17.6 Å². The number of primary amides is 1. The van der Waals surface area contributed by atoms with E-state index in [1.807, 2.05) is 0 Å². The second-order valence-electron chi connectivity index (χ2n) is 10.8. The van der Waals surface area contributed by atoms with E-state index in [4.69, 9.17) is 20.6 Å². The van der Waals surface area contributed by atoms with Crippen molar-refractivity contribution in [2.45, 2.75) is 37.8 Å². The highest BCUT2D eigenvalue weighted by Gasteiger charge is 2.55. The fourth-order valence-electron chi connectivity index (χ4n) is 4.80. The first-order chi connectivity index (χ1) is 20.6. The molecule has 1 aromatic heterocycles. The molecule has 3 aromatic rings. The van der Waals surface area contributed by atoms with Gasteiger partial charge in [0.15, 0.2) is 0 Å². The third-order valence-electron chi connectivity index (χ3n) is 7.82. The molecule has 0 spiro atoms. The number of aliphatic hydroxyl groups excluding tert-OH is 1. The van der Waals surface area contributed by atoms with E-state index >= 15 is 0 Å². The summed E-state index contributed by atoms with van der Waals surface area (Å²) in [6, 6.07) is 9.99. The molecule has 232 valence electrons. The van der Waals surface area contributed by atoms with Gasteiger partial charge in [-0.3, -0.25) is 9.59 Å². The van der Waals surface area contributed by atoms with Crippen molar-refractivity contribution in [2.75, 3.05) is 20.3 Å². The zero-order valence-corrected chi connectivity index (χ0v) is 24.2. The van der Waals surface area contributed by atoms with Gasteiger partial charge in [0.2, 0.25) is 5.91 Å². The summed E-state index contributed by atoms with van der Waals surface area (Å²) in [5, 5.41) is 19.8. The molecule has 0 radical (unpaired) electrons. The van der Waals surface area contributed by atoms with Gasteiger partial charge in [-0.25, -0.2) is 9.37 Å². The predicted molar refractivity (Wildman–Crippen MR) is 154 cm³/mol. The Bertz CT molecular complexity index is 1670. The summed E-state index contributed by atoms with van der Waals surface area (Å²) < 4.78 is 69.3. The number of rotatable bonds is 9. The van der Waals surface area contributed by atoms with Gasteiger partial charge >= 0.3 is 6.18 Å². The van der Waals surface area contributed by atoms with Gasteiger partial charge in [0.25, 0.3) is 5.91 Å². The number of nitrogens with zero attached hydrogens (tertiary/aromatic N) is 1. The Morgan fingerprint density at radius 1 is 1.20 bits per heavy atom. The van der Waals surface area contributed by atoms with Gasteiger partial charge in [0.1, 0.15) is 40.4 Å². The minimum Gasteiger partial charge on any atom is -0.512 e. The maximum absolute atomic E-state index is 14.9. The highest BCUT2D eigenvalue weighted by Crippen LogP contribution is 2.48. The molecule has 0 bridgehead atoms. The van der Waals surface area contributed by atoms with Crippen LogP contribution in [0.15, 0.2) is 54.3 Å². The van der Waals surface area contributed by atoms with Crippen LogP contribution in [0.25, 0.3) is 16.8 Å². The SMILES string of the molecule is COc1cc(C(=O)NCC(C)(c2cc3c(c(-c4ccc(F)cc4)n2)OC[C@]3(C)C(N)=O)C(F)(F)F)ccc1/C(C=N)=C(\C)O. The molecule has 44 heavy (non-hydrogen) atoms. The number of methoxy groups -OCH3 is 1. The number of alkyl halides is 3. The van der Waals surface area contributed by atoms with Crippen LogP contribution in [0.3, 0.4) is 0 Å². The van der Waals surface area contributed by atoms with Gasteiger partial charge < -0.3 is 31.0 Å². The molecule has 4 rings (SSSR count). The van der Waals surface area contributed by atoms with Crippen LogP contribution >= 0.6 is 0 Å². The number of hydrogen-bond acceptors (Lipinski definition) is 7. The number of pyridine rings is 1. The molecule has 2 atom stereocenters. The van der Waals surface area contributed by atoms with Crippen molar-refractivity contribution in [2.24, 2.45) is 5.73 Å². The minimum atomic E-state index is -4.95. The number of carbonyl (C=O) groups is 2. The number of ether oxygens (including phenoxy) is 2. The molecule has 0 saturated heterocycles. The molecule has 1 aliphatic heterocycles. The van der Waals surface area contributed by atoms with E-state index in [0.29, 0.717) is 5.56 Å². The van der Waals surface area contributed by atoms with Crippen molar-refractivity contribution in [1.29, 1.82) is 5.41 Å². The Labute approximate surface area is 250 Å². The molecule has 2 aromatic carbocycles. The smallest absolute Gasteiger partial charge is 0.401 e. The lowest BCUT2D eigenvalue weighted by molar-refractivity contribution is -0.184. The number of allylic oxidation sites excluding steroid dienone is 2. The maximum Gasteiger partial charge on any atom is 0.401 e. The second kappa shape index (κ2) is 11.6. The van der Waals surface area contributed by atoms with Crippen molar-refractivity contribution in [3.8, 4) is 22.8 Å². The lowest BCUT2D eigenvalue weighted by atomic mass is 9.79. The number of halogens is 4. The number of amides is 2. The summed E-state index contributed by atoms with van der Waals surface area (Å²) in [4.78, 5) is 29.9. The summed E-state index contributed by atoms with van der Waals surface area (Å²) in [6.07, 6.45) is -4.05. The van der Waals surface area contributed by atoms with Gasteiger partial charge in [-0.2, -0.15) is 13.2 Å². The normalized spacial score (nSPS) is 17.9. The zero-order valence-electron chi connectivity index (χ0n) is 24.2. The Hall–Kier alpha value is -4.94. The van der Waals surface area contributed by atoms with Crippen molar-refractivity contribution in [1.82, 2.24) is 10.3 Å². The highest BCUT2D eigenvalue weighted by atomic mass is 19.4. The molecular weight excluding hydrogens is 584 g/mol. The van der Waals surface area contributed by atoms with Crippen LogP contribution in [0.2, 0.25) is 0 Å². The monoisotopic (exact) mass is 614 g/mol. The van der Waals surface area contributed by atoms with Crippen LogP contribution in [0, 0.1) is 11.2 Å². The lowest BCUT2D eigenvalue weighted by Gasteiger charge is -2.33. The van der Waals surface area contributed by atoms with Gasteiger partial charge in [0, 0.05) is 40.6 Å². The van der Waals surface area contributed by atoms with Crippen LogP contribution in [-0.4, -0.2) is 54.6 Å². The van der Waals surface area contributed by atoms with E-state index < -0.39 is 46.9 Å². The molecule has 0 fully saturated rings. The Morgan fingerprint density at radius 3 is 2.41 bits per heavy atom. The number of aromatic nitrogens is 1. The summed E-state index contributed by atoms with van der Waals surface area (Å²) in [5.74, 6) is -2.27. The standard InChI is InChI=1S/C31H30F4N4O5/c1-16(40)21(13-36)20-10-7-18(11-23(20)43-4)27(41)38-14-30(3,31(33,34)35)24-12-22-26(44-15-29(22,2)28(37)42)25(39-24)17-5-8-19(32)9-6-17/h5-13,36,40H,14-15H2,1-4H3,(H2,37,42)(H,38,41)/b21-16+,36-13?/t29-,30?/m0/s1. The number of fused-ring (bicyclic) bond motifs is 1. The molecule has 1 unspecified atom stereocenters. The molecule has 13 heteroatoms. The summed E-state index contributed by atoms with van der Waals surface area (Å²) >= 11 is 0. The molecule has 0 saturated carbocycles. The van der Waals surface area contributed by atoms with Crippen molar-refractivity contribution < 1.29 is 41.7 Å². The van der Waals surface area contributed by atoms with Gasteiger partial charge in [-0.1, -0.05) is 0 Å². The van der Waals surface area contributed by atoms with Crippen molar-refractivity contribution in [3.05, 3.63) is 82.5 Å². The average molecular weight is 615 g/mol. The Balaban J connectivity index is 1.78. The second-order valence-corrected chi connectivity index (χ2v) is 10.8. The molecule has 0 aliphatic carbocycles. The minimum absolute atomic E-state index is 0.0427. The van der Waals surface area contributed by atoms with E-state index in [9.17, 15) is 32.3 Å². The summed E-state index contributed by atoms with van der Waals surface area (Å²) in [5.41, 5.74) is 1.54. The first kappa shape index (κ1) is 32.0. The predicted octanol–water partition coefficient (Wildman–Crippen LogP) is 5.22. The maximum atomic E-state index is 14.9. The van der Waals surface area contributed by atoms with Crippen LogP contribution in [0.5, 0.6) is 11.5 Å². The molecule has 1 aliphatic rings. The van der Waals surface area contributed by atoms with Gasteiger partial charge in [-0.05, 0) is 69.3 Å². The number of aliphatic hydroxyl groups is 1. The number of nitrogens with one attached hydrogen (secondary N) is 2. The topological polar surface area (TPSA) is 148 Å². The molecule has 2 amide bonds. The zero-order chi connectivity index (χ0) is 32.6. The molecule has 9 nitrogen and oxygen atoms in total. The van der Waals surface area contributed by atoms with Crippen LogP contribution < -0.4 is 20.5 Å². The van der Waals surface area contributed by atoms with Crippen molar-refractivity contribution in [3.63, 3.8) is 0 Å². The fourth-order valence-corrected chi connectivity index (χ4v) is 4.80. The van der Waals surface area contributed by atoms with Crippen molar-refractivity contribution >= 4 is 23.6 Å². The van der Waals surface area contributed by atoms with Gasteiger partial charge in [0.05, 0.1) is 18.6 Å². The number of benzene rings is 2.